The van der Waals surface area contributed by atoms with Gasteiger partial charge in [0.2, 0.25) is 10.0 Å². The van der Waals surface area contributed by atoms with Gasteiger partial charge in [-0.1, -0.05) is 15.9 Å². The lowest BCUT2D eigenvalue weighted by Crippen LogP contribution is -2.32. The molecule has 0 N–H and O–H groups in total. The lowest BCUT2D eigenvalue weighted by atomic mass is 10.4. The summed E-state index contributed by atoms with van der Waals surface area (Å²) in [6.45, 7) is 0.923. The van der Waals surface area contributed by atoms with E-state index >= 15 is 0 Å². The minimum Gasteiger partial charge on any atom is -0.383 e. The molecule has 0 radical (unpaired) electrons. The summed E-state index contributed by atoms with van der Waals surface area (Å²) in [6.07, 6.45) is 1.18. The Kier molecular flexibility index (Phi) is 5.31. The Balaban J connectivity index is 3.93. The quantitative estimate of drug-likeness (QED) is 0.667. The smallest absolute Gasteiger partial charge is 0.210 e. The van der Waals surface area contributed by atoms with Crippen molar-refractivity contribution < 1.29 is 13.2 Å². The molecular formula is C6H14BrNO3S. The van der Waals surface area contributed by atoms with Gasteiger partial charge in [-0.05, 0) is 0 Å². The van der Waals surface area contributed by atoms with Gasteiger partial charge in [-0.3, -0.25) is 0 Å². The van der Waals surface area contributed by atoms with Gasteiger partial charge in [0.25, 0.3) is 0 Å². The van der Waals surface area contributed by atoms with E-state index < -0.39 is 10.0 Å². The maximum Gasteiger partial charge on any atom is 0.210 e. The molecule has 0 aromatic heterocycles. The molecule has 0 aliphatic rings. The van der Waals surface area contributed by atoms with Crippen LogP contribution in [0.2, 0.25) is 0 Å². The number of methoxy groups -OCH3 is 1. The van der Waals surface area contributed by atoms with Crippen molar-refractivity contribution >= 4 is 26.0 Å². The number of nitrogens with zero attached hydrogens (tertiary/aromatic N) is 1. The molecule has 0 saturated carbocycles. The minimum absolute atomic E-state index is 0.0437. The van der Waals surface area contributed by atoms with Crippen molar-refractivity contribution in [1.29, 1.82) is 0 Å². The Morgan fingerprint density at radius 1 is 1.58 bits per heavy atom. The summed E-state index contributed by atoms with van der Waals surface area (Å²) >= 11 is 3.30. The van der Waals surface area contributed by atoms with Gasteiger partial charge < -0.3 is 4.74 Å². The van der Waals surface area contributed by atoms with E-state index in [9.17, 15) is 8.42 Å². The minimum atomic E-state index is -3.07. The van der Waals surface area contributed by atoms with Crippen LogP contribution >= 0.6 is 15.9 Å². The van der Waals surface area contributed by atoms with Crippen LogP contribution in [0.4, 0.5) is 0 Å². The standard InChI is InChI=1S/C6H14BrNO3S/c1-8(12(3,9)10)4-6(7)5-11-2/h6H,4-5H2,1-3H3. The van der Waals surface area contributed by atoms with Gasteiger partial charge in [0.15, 0.2) is 0 Å². The highest BCUT2D eigenvalue weighted by Crippen LogP contribution is 2.04. The normalized spacial score (nSPS) is 15.1. The van der Waals surface area contributed by atoms with Crippen LogP contribution in [0, 0.1) is 0 Å². The Labute approximate surface area is 82.1 Å². The van der Waals surface area contributed by atoms with Gasteiger partial charge in [-0.2, -0.15) is 0 Å². The third-order valence-corrected chi connectivity index (χ3v) is 3.20. The molecule has 4 nitrogen and oxygen atoms in total. The number of sulfonamides is 1. The molecule has 0 fully saturated rings. The topological polar surface area (TPSA) is 46.6 Å². The first-order chi connectivity index (χ1) is 5.38. The highest BCUT2D eigenvalue weighted by molar-refractivity contribution is 9.09. The van der Waals surface area contributed by atoms with Crippen molar-refractivity contribution in [1.82, 2.24) is 4.31 Å². The van der Waals surface area contributed by atoms with Crippen molar-refractivity contribution in [3.05, 3.63) is 0 Å². The zero-order chi connectivity index (χ0) is 9.78. The van der Waals surface area contributed by atoms with Crippen LogP contribution < -0.4 is 0 Å². The van der Waals surface area contributed by atoms with Crippen LogP contribution in [0.5, 0.6) is 0 Å². The largest absolute Gasteiger partial charge is 0.383 e. The van der Waals surface area contributed by atoms with E-state index in [1.165, 1.54) is 10.6 Å². The molecule has 12 heavy (non-hydrogen) atoms. The second-order valence-corrected chi connectivity index (χ2v) is 5.98. The van der Waals surface area contributed by atoms with Gasteiger partial charge in [-0.25, -0.2) is 12.7 Å². The van der Waals surface area contributed by atoms with Crippen molar-refractivity contribution in [2.24, 2.45) is 0 Å². The van der Waals surface area contributed by atoms with Crippen molar-refractivity contribution in [3.8, 4) is 0 Å². The first kappa shape index (κ1) is 12.3. The molecule has 0 spiro atoms. The third kappa shape index (κ3) is 5.08. The fraction of sp³-hybridized carbons (Fsp3) is 1.00. The van der Waals surface area contributed by atoms with E-state index in [1.807, 2.05) is 0 Å². The van der Waals surface area contributed by atoms with Crippen molar-refractivity contribution in [2.45, 2.75) is 4.83 Å². The van der Waals surface area contributed by atoms with Crippen molar-refractivity contribution in [2.75, 3.05) is 33.6 Å². The Morgan fingerprint density at radius 2 is 2.08 bits per heavy atom. The molecule has 0 amide bonds. The maximum atomic E-state index is 10.9. The lowest BCUT2D eigenvalue weighted by Gasteiger charge is -2.17. The Morgan fingerprint density at radius 3 is 2.42 bits per heavy atom. The van der Waals surface area contributed by atoms with E-state index in [4.69, 9.17) is 4.74 Å². The van der Waals surface area contributed by atoms with E-state index in [1.54, 1.807) is 14.2 Å². The number of rotatable bonds is 5. The zero-order valence-corrected chi connectivity index (χ0v) is 9.85. The van der Waals surface area contributed by atoms with Crippen LogP contribution in [-0.4, -0.2) is 51.1 Å². The maximum absolute atomic E-state index is 10.9. The number of ether oxygens (including phenoxy) is 1. The molecule has 0 bridgehead atoms. The second-order valence-electron chi connectivity index (χ2n) is 2.60. The summed E-state index contributed by atoms with van der Waals surface area (Å²) in [5.41, 5.74) is 0. The average molecular weight is 260 g/mol. The monoisotopic (exact) mass is 259 g/mol. The molecule has 0 saturated heterocycles. The van der Waals surface area contributed by atoms with Crippen LogP contribution in [0.15, 0.2) is 0 Å². The molecule has 0 rings (SSSR count). The summed E-state index contributed by atoms with van der Waals surface area (Å²) in [5.74, 6) is 0. The van der Waals surface area contributed by atoms with Gasteiger partial charge in [0.1, 0.15) is 0 Å². The fourth-order valence-electron chi connectivity index (χ4n) is 0.648. The van der Waals surface area contributed by atoms with Gasteiger partial charge in [0, 0.05) is 20.7 Å². The predicted octanol–water partition coefficient (Wildman–Crippen LogP) is 0.288. The average Bonchev–Trinajstić information content (AvgIpc) is 1.85. The Hall–Kier alpha value is 0.350. The molecule has 0 aliphatic heterocycles. The van der Waals surface area contributed by atoms with Gasteiger partial charge >= 0.3 is 0 Å². The molecule has 74 valence electrons. The molecule has 0 heterocycles. The summed E-state index contributed by atoms with van der Waals surface area (Å²) in [7, 11) is 0.0506. The lowest BCUT2D eigenvalue weighted by molar-refractivity contribution is 0.195. The highest BCUT2D eigenvalue weighted by atomic mass is 79.9. The first-order valence-corrected chi connectivity index (χ1v) is 6.18. The van der Waals surface area contributed by atoms with Gasteiger partial charge in [0.05, 0.1) is 17.7 Å². The molecule has 1 atom stereocenters. The summed E-state index contributed by atoms with van der Waals surface area (Å²) < 4.78 is 28.0. The number of hydrogen-bond acceptors (Lipinski definition) is 3. The fourth-order valence-corrected chi connectivity index (χ4v) is 1.99. The van der Waals surface area contributed by atoms with Crippen molar-refractivity contribution in [3.63, 3.8) is 0 Å². The molecular weight excluding hydrogens is 246 g/mol. The summed E-state index contributed by atoms with van der Waals surface area (Å²) in [6, 6.07) is 0. The molecule has 0 aliphatic carbocycles. The van der Waals surface area contributed by atoms with E-state index in [2.05, 4.69) is 15.9 Å². The second kappa shape index (κ2) is 5.16. The molecule has 0 aromatic carbocycles. The van der Waals surface area contributed by atoms with Crippen LogP contribution in [0.1, 0.15) is 0 Å². The number of halogens is 1. The van der Waals surface area contributed by atoms with E-state index in [0.29, 0.717) is 13.2 Å². The number of hydrogen-bond donors (Lipinski definition) is 0. The van der Waals surface area contributed by atoms with Gasteiger partial charge in [-0.15, -0.1) is 0 Å². The first-order valence-electron chi connectivity index (χ1n) is 3.42. The zero-order valence-electron chi connectivity index (χ0n) is 7.45. The predicted molar refractivity (Wildman–Crippen MR) is 52.1 cm³/mol. The Bertz CT molecular complexity index is 217. The number of alkyl halides is 1. The van der Waals surface area contributed by atoms with Crippen LogP contribution in [0.3, 0.4) is 0 Å². The molecule has 1 unspecified atom stereocenters. The molecule has 0 aromatic rings. The molecule has 6 heteroatoms. The highest BCUT2D eigenvalue weighted by Gasteiger charge is 2.14. The van der Waals surface area contributed by atoms with Crippen LogP contribution in [0.25, 0.3) is 0 Å². The van der Waals surface area contributed by atoms with Crippen LogP contribution in [-0.2, 0) is 14.8 Å². The van der Waals surface area contributed by atoms with E-state index in [0.717, 1.165) is 0 Å². The SMILES string of the molecule is COCC(Br)CN(C)S(C)(=O)=O. The summed E-state index contributed by atoms with van der Waals surface area (Å²) in [5, 5.41) is 0. The third-order valence-electron chi connectivity index (χ3n) is 1.37. The van der Waals surface area contributed by atoms with E-state index in [-0.39, 0.29) is 4.83 Å². The summed E-state index contributed by atoms with van der Waals surface area (Å²) in [4.78, 5) is 0.0437.